The first-order chi connectivity index (χ1) is 9.04. The zero-order valence-corrected chi connectivity index (χ0v) is 12.1. The van der Waals surface area contributed by atoms with Crippen LogP contribution in [0.3, 0.4) is 0 Å². The third kappa shape index (κ3) is 2.90. The van der Waals surface area contributed by atoms with Crippen molar-refractivity contribution in [3.05, 3.63) is 29.6 Å². The molecule has 106 valence electrons. The molecular formula is C15H24FN3. The Morgan fingerprint density at radius 3 is 2.47 bits per heavy atom. The van der Waals surface area contributed by atoms with Crippen molar-refractivity contribution >= 4 is 5.69 Å². The average Bonchev–Trinajstić information content (AvgIpc) is 2.38. The molecular weight excluding hydrogens is 241 g/mol. The number of nitrogens with zero attached hydrogens (tertiary/aromatic N) is 2. The summed E-state index contributed by atoms with van der Waals surface area (Å²) in [6, 6.07) is 6.27. The maximum absolute atomic E-state index is 14.0. The fraction of sp³-hybridized carbons (Fsp3) is 0.600. The molecule has 1 aromatic carbocycles. The second-order valence-electron chi connectivity index (χ2n) is 5.54. The van der Waals surface area contributed by atoms with Crippen LogP contribution in [0.15, 0.2) is 18.2 Å². The summed E-state index contributed by atoms with van der Waals surface area (Å²) in [6.45, 7) is 6.77. The molecule has 2 unspecified atom stereocenters. The predicted molar refractivity (Wildman–Crippen MR) is 78.1 cm³/mol. The minimum Gasteiger partial charge on any atom is -0.368 e. The van der Waals surface area contributed by atoms with Gasteiger partial charge in [0.2, 0.25) is 0 Å². The molecule has 0 aromatic heterocycles. The smallest absolute Gasteiger partial charge is 0.128 e. The molecule has 1 aromatic rings. The van der Waals surface area contributed by atoms with Gasteiger partial charge in [0.05, 0.1) is 0 Å². The van der Waals surface area contributed by atoms with Crippen molar-refractivity contribution in [2.24, 2.45) is 5.73 Å². The van der Waals surface area contributed by atoms with Crippen molar-refractivity contribution < 1.29 is 4.39 Å². The molecule has 0 spiro atoms. The Kier molecular flexibility index (Phi) is 4.42. The molecule has 1 aliphatic rings. The van der Waals surface area contributed by atoms with Crippen LogP contribution in [0.5, 0.6) is 0 Å². The standard InChI is InChI=1S/C15H24FN3/c1-11-9-19(10-12(2)18(11)3)15-6-4-5-14(16)13(15)7-8-17/h4-6,11-12H,7-10,17H2,1-3H3. The van der Waals surface area contributed by atoms with E-state index in [9.17, 15) is 4.39 Å². The van der Waals surface area contributed by atoms with E-state index in [1.165, 1.54) is 6.07 Å². The summed E-state index contributed by atoms with van der Waals surface area (Å²) in [5.74, 6) is -0.137. The summed E-state index contributed by atoms with van der Waals surface area (Å²) in [5, 5.41) is 0. The second kappa shape index (κ2) is 5.88. The molecule has 2 atom stereocenters. The average molecular weight is 265 g/mol. The molecule has 4 heteroatoms. The van der Waals surface area contributed by atoms with E-state index in [0.29, 0.717) is 25.0 Å². The van der Waals surface area contributed by atoms with Crippen LogP contribution in [-0.4, -0.2) is 43.7 Å². The molecule has 0 saturated carbocycles. The van der Waals surface area contributed by atoms with E-state index in [4.69, 9.17) is 5.73 Å². The number of hydrogen-bond acceptors (Lipinski definition) is 3. The third-order valence-corrected chi connectivity index (χ3v) is 4.19. The Morgan fingerprint density at radius 1 is 1.26 bits per heavy atom. The number of piperazine rings is 1. The molecule has 0 aliphatic carbocycles. The summed E-state index contributed by atoms with van der Waals surface area (Å²) < 4.78 is 14.0. The maximum atomic E-state index is 14.0. The minimum absolute atomic E-state index is 0.137. The Balaban J connectivity index is 2.29. The Labute approximate surface area is 115 Å². The van der Waals surface area contributed by atoms with E-state index >= 15 is 0 Å². The normalized spacial score (nSPS) is 24.8. The van der Waals surface area contributed by atoms with Gasteiger partial charge >= 0.3 is 0 Å². The van der Waals surface area contributed by atoms with Crippen LogP contribution >= 0.6 is 0 Å². The van der Waals surface area contributed by atoms with Crippen LogP contribution < -0.4 is 10.6 Å². The quantitative estimate of drug-likeness (QED) is 0.905. The maximum Gasteiger partial charge on any atom is 0.128 e. The number of rotatable bonds is 3. The molecule has 2 N–H and O–H groups in total. The third-order valence-electron chi connectivity index (χ3n) is 4.19. The first-order valence-electron chi connectivity index (χ1n) is 6.99. The fourth-order valence-electron chi connectivity index (χ4n) is 2.84. The van der Waals surface area contributed by atoms with Crippen LogP contribution in [0, 0.1) is 5.82 Å². The number of nitrogens with two attached hydrogens (primary N) is 1. The van der Waals surface area contributed by atoms with Gasteiger partial charge < -0.3 is 10.6 Å². The molecule has 3 nitrogen and oxygen atoms in total. The Bertz CT molecular complexity index is 423. The highest BCUT2D eigenvalue weighted by molar-refractivity contribution is 5.55. The van der Waals surface area contributed by atoms with Gasteiger partial charge in [0.1, 0.15) is 5.82 Å². The Morgan fingerprint density at radius 2 is 1.89 bits per heavy atom. The van der Waals surface area contributed by atoms with E-state index in [-0.39, 0.29) is 5.82 Å². The summed E-state index contributed by atoms with van der Waals surface area (Å²) in [5.41, 5.74) is 7.38. The second-order valence-corrected chi connectivity index (χ2v) is 5.54. The summed E-state index contributed by atoms with van der Waals surface area (Å²) >= 11 is 0. The van der Waals surface area contributed by atoms with E-state index in [1.54, 1.807) is 6.07 Å². The molecule has 0 bridgehead atoms. The number of anilines is 1. The Hall–Kier alpha value is -1.13. The van der Waals surface area contributed by atoms with Crippen LogP contribution in [0.1, 0.15) is 19.4 Å². The van der Waals surface area contributed by atoms with Crippen molar-refractivity contribution in [3.8, 4) is 0 Å². The predicted octanol–water partition coefficient (Wildman–Crippen LogP) is 1.86. The number of likely N-dealkylation sites (N-methyl/N-ethyl adjacent to an activating group) is 1. The lowest BCUT2D eigenvalue weighted by Crippen LogP contribution is -2.55. The zero-order chi connectivity index (χ0) is 14.0. The first-order valence-corrected chi connectivity index (χ1v) is 6.99. The van der Waals surface area contributed by atoms with Gasteiger partial charge in [0.25, 0.3) is 0 Å². The molecule has 2 rings (SSSR count). The van der Waals surface area contributed by atoms with Gasteiger partial charge in [-0.3, -0.25) is 4.90 Å². The lowest BCUT2D eigenvalue weighted by molar-refractivity contribution is 0.170. The van der Waals surface area contributed by atoms with Crippen molar-refractivity contribution in [1.29, 1.82) is 0 Å². The minimum atomic E-state index is -0.137. The molecule has 19 heavy (non-hydrogen) atoms. The van der Waals surface area contributed by atoms with Crippen molar-refractivity contribution in [2.45, 2.75) is 32.4 Å². The summed E-state index contributed by atoms with van der Waals surface area (Å²) in [7, 11) is 2.15. The largest absolute Gasteiger partial charge is 0.368 e. The van der Waals surface area contributed by atoms with Crippen LogP contribution in [0.2, 0.25) is 0 Å². The fourth-order valence-corrected chi connectivity index (χ4v) is 2.84. The molecule has 1 fully saturated rings. The number of benzene rings is 1. The van der Waals surface area contributed by atoms with Crippen LogP contribution in [-0.2, 0) is 6.42 Å². The van der Waals surface area contributed by atoms with Gasteiger partial charge in [-0.2, -0.15) is 0 Å². The first kappa shape index (κ1) is 14.3. The monoisotopic (exact) mass is 265 g/mol. The van der Waals surface area contributed by atoms with Gasteiger partial charge in [-0.25, -0.2) is 4.39 Å². The molecule has 0 amide bonds. The molecule has 1 saturated heterocycles. The molecule has 0 radical (unpaired) electrons. The zero-order valence-electron chi connectivity index (χ0n) is 12.1. The van der Waals surface area contributed by atoms with Crippen molar-refractivity contribution in [3.63, 3.8) is 0 Å². The highest BCUT2D eigenvalue weighted by Gasteiger charge is 2.28. The lowest BCUT2D eigenvalue weighted by Gasteiger charge is -2.44. The molecule has 1 heterocycles. The van der Waals surface area contributed by atoms with Gasteiger partial charge in [0, 0.05) is 36.4 Å². The van der Waals surface area contributed by atoms with E-state index < -0.39 is 0 Å². The number of hydrogen-bond donors (Lipinski definition) is 1. The van der Waals surface area contributed by atoms with E-state index in [1.807, 2.05) is 6.07 Å². The van der Waals surface area contributed by atoms with Gasteiger partial charge in [-0.1, -0.05) is 6.07 Å². The summed E-state index contributed by atoms with van der Waals surface area (Å²) in [4.78, 5) is 4.67. The van der Waals surface area contributed by atoms with Gasteiger partial charge in [-0.15, -0.1) is 0 Å². The highest BCUT2D eigenvalue weighted by Crippen LogP contribution is 2.27. The van der Waals surface area contributed by atoms with Crippen LogP contribution in [0.25, 0.3) is 0 Å². The van der Waals surface area contributed by atoms with Crippen molar-refractivity contribution in [2.75, 3.05) is 31.6 Å². The summed E-state index contributed by atoms with van der Waals surface area (Å²) in [6.07, 6.45) is 0.594. The van der Waals surface area contributed by atoms with Crippen LogP contribution in [0.4, 0.5) is 10.1 Å². The topological polar surface area (TPSA) is 32.5 Å². The van der Waals surface area contributed by atoms with Gasteiger partial charge in [-0.05, 0) is 46.0 Å². The molecule has 1 aliphatic heterocycles. The highest BCUT2D eigenvalue weighted by atomic mass is 19.1. The lowest BCUT2D eigenvalue weighted by atomic mass is 10.0. The number of halogens is 1. The van der Waals surface area contributed by atoms with Crippen molar-refractivity contribution in [1.82, 2.24) is 4.90 Å². The van der Waals surface area contributed by atoms with Gasteiger partial charge in [0.15, 0.2) is 0 Å². The van der Waals surface area contributed by atoms with E-state index in [0.717, 1.165) is 24.3 Å². The van der Waals surface area contributed by atoms with E-state index in [2.05, 4.69) is 30.7 Å². The SMILES string of the molecule is CC1CN(c2cccc(F)c2CCN)CC(C)N1C.